The van der Waals surface area contributed by atoms with E-state index in [2.05, 4.69) is 15.3 Å². The summed E-state index contributed by atoms with van der Waals surface area (Å²) in [5.74, 6) is 0.829. The molecule has 2 N–H and O–H groups in total. The van der Waals surface area contributed by atoms with Gasteiger partial charge in [0.25, 0.3) is 0 Å². The molecule has 1 aromatic carbocycles. The number of alkyl halides is 3. The SMILES string of the molecule is FC(F)(F)c1cccc(C2(CNCc3ncc[nH]3)CC2)c1. The minimum absolute atomic E-state index is 0.159. The molecule has 0 spiro atoms. The summed E-state index contributed by atoms with van der Waals surface area (Å²) in [6, 6.07) is 5.68. The van der Waals surface area contributed by atoms with E-state index < -0.39 is 11.7 Å². The maximum absolute atomic E-state index is 12.8. The number of rotatable bonds is 5. The summed E-state index contributed by atoms with van der Waals surface area (Å²) in [6.07, 6.45) is 0.972. The van der Waals surface area contributed by atoms with Gasteiger partial charge >= 0.3 is 6.18 Å². The lowest BCUT2D eigenvalue weighted by Crippen LogP contribution is -2.27. The largest absolute Gasteiger partial charge is 0.416 e. The van der Waals surface area contributed by atoms with Gasteiger partial charge < -0.3 is 10.3 Å². The van der Waals surface area contributed by atoms with Gasteiger partial charge in [0, 0.05) is 24.4 Å². The lowest BCUT2D eigenvalue weighted by atomic mass is 9.94. The fourth-order valence-corrected chi connectivity index (χ4v) is 2.56. The molecule has 0 aliphatic heterocycles. The Morgan fingerprint density at radius 2 is 2.10 bits per heavy atom. The number of hydrogen-bond donors (Lipinski definition) is 2. The van der Waals surface area contributed by atoms with E-state index in [1.54, 1.807) is 18.5 Å². The zero-order chi connectivity index (χ0) is 14.9. The first-order valence-electron chi connectivity index (χ1n) is 6.86. The fraction of sp³-hybridized carbons (Fsp3) is 0.400. The third-order valence-electron chi connectivity index (χ3n) is 3.97. The van der Waals surface area contributed by atoms with E-state index in [9.17, 15) is 13.2 Å². The summed E-state index contributed by atoms with van der Waals surface area (Å²) in [7, 11) is 0. The molecule has 3 nitrogen and oxygen atoms in total. The van der Waals surface area contributed by atoms with Crippen LogP contribution in [0.4, 0.5) is 13.2 Å². The summed E-state index contributed by atoms with van der Waals surface area (Å²) in [4.78, 5) is 7.10. The van der Waals surface area contributed by atoms with Crippen molar-refractivity contribution in [2.45, 2.75) is 31.0 Å². The van der Waals surface area contributed by atoms with Crippen molar-refractivity contribution in [3.05, 3.63) is 53.6 Å². The van der Waals surface area contributed by atoms with Gasteiger partial charge in [-0.3, -0.25) is 0 Å². The number of H-pyrrole nitrogens is 1. The molecule has 0 amide bonds. The van der Waals surface area contributed by atoms with Gasteiger partial charge in [-0.2, -0.15) is 13.2 Å². The number of aromatic amines is 1. The Kier molecular flexibility index (Phi) is 3.49. The van der Waals surface area contributed by atoms with Gasteiger partial charge in [0.05, 0.1) is 12.1 Å². The van der Waals surface area contributed by atoms with E-state index >= 15 is 0 Å². The van der Waals surface area contributed by atoms with Crippen LogP contribution in [0.15, 0.2) is 36.7 Å². The summed E-state index contributed by atoms with van der Waals surface area (Å²) < 4.78 is 38.4. The van der Waals surface area contributed by atoms with Crippen molar-refractivity contribution < 1.29 is 13.2 Å². The highest BCUT2D eigenvalue weighted by Crippen LogP contribution is 2.48. The molecule has 1 aliphatic carbocycles. The number of nitrogens with one attached hydrogen (secondary N) is 2. The zero-order valence-corrected chi connectivity index (χ0v) is 11.4. The van der Waals surface area contributed by atoms with Crippen LogP contribution >= 0.6 is 0 Å². The predicted octanol–water partition coefficient (Wildman–Crippen LogP) is 3.25. The van der Waals surface area contributed by atoms with Gasteiger partial charge in [-0.25, -0.2) is 4.98 Å². The second-order valence-corrected chi connectivity index (χ2v) is 5.50. The van der Waals surface area contributed by atoms with Crippen molar-refractivity contribution in [2.24, 2.45) is 0 Å². The number of hydrogen-bond acceptors (Lipinski definition) is 2. The second-order valence-electron chi connectivity index (χ2n) is 5.50. The van der Waals surface area contributed by atoms with Crippen LogP contribution in [0.3, 0.4) is 0 Å². The molecule has 21 heavy (non-hydrogen) atoms. The molecule has 0 unspecified atom stereocenters. The third-order valence-corrected chi connectivity index (χ3v) is 3.97. The van der Waals surface area contributed by atoms with E-state index in [1.807, 2.05) is 0 Å². The maximum atomic E-state index is 12.8. The van der Waals surface area contributed by atoms with E-state index in [0.717, 1.165) is 30.3 Å². The standard InChI is InChI=1S/C15H16F3N3/c16-15(17,18)12-3-1-2-11(8-12)14(4-5-14)10-19-9-13-20-6-7-21-13/h1-3,6-8,19H,4-5,9-10H2,(H,20,21). The first kappa shape index (κ1) is 14.1. The predicted molar refractivity (Wildman–Crippen MR) is 72.7 cm³/mol. The molecule has 0 atom stereocenters. The smallest absolute Gasteiger partial charge is 0.348 e. The topological polar surface area (TPSA) is 40.7 Å². The molecule has 1 saturated carbocycles. The van der Waals surface area contributed by atoms with Crippen LogP contribution in [-0.4, -0.2) is 16.5 Å². The average molecular weight is 295 g/mol. The lowest BCUT2D eigenvalue weighted by Gasteiger charge is -2.18. The molecule has 112 valence electrons. The van der Waals surface area contributed by atoms with Gasteiger partial charge in [-0.15, -0.1) is 0 Å². The monoisotopic (exact) mass is 295 g/mol. The van der Waals surface area contributed by atoms with E-state index in [-0.39, 0.29) is 5.41 Å². The molecular formula is C15H16F3N3. The van der Waals surface area contributed by atoms with Crippen LogP contribution in [-0.2, 0) is 18.1 Å². The molecule has 6 heteroatoms. The number of imidazole rings is 1. The molecule has 3 rings (SSSR count). The van der Waals surface area contributed by atoms with Crippen LogP contribution in [0.1, 0.15) is 29.8 Å². The minimum atomic E-state index is -4.28. The highest BCUT2D eigenvalue weighted by atomic mass is 19.4. The average Bonchev–Trinajstić information content (AvgIpc) is 3.05. The van der Waals surface area contributed by atoms with E-state index in [0.29, 0.717) is 13.1 Å². The van der Waals surface area contributed by atoms with E-state index in [4.69, 9.17) is 0 Å². The normalized spacial score (nSPS) is 16.9. The van der Waals surface area contributed by atoms with Crippen molar-refractivity contribution >= 4 is 0 Å². The van der Waals surface area contributed by atoms with Crippen LogP contribution in [0.25, 0.3) is 0 Å². The highest BCUT2D eigenvalue weighted by Gasteiger charge is 2.44. The Morgan fingerprint density at radius 3 is 2.71 bits per heavy atom. The molecule has 0 bridgehead atoms. The highest BCUT2D eigenvalue weighted by molar-refractivity contribution is 5.36. The lowest BCUT2D eigenvalue weighted by molar-refractivity contribution is -0.137. The third kappa shape index (κ3) is 3.10. The van der Waals surface area contributed by atoms with Crippen LogP contribution in [0.2, 0.25) is 0 Å². The van der Waals surface area contributed by atoms with Gasteiger partial charge in [-0.1, -0.05) is 18.2 Å². The first-order chi connectivity index (χ1) is 10.00. The number of nitrogens with zero attached hydrogens (tertiary/aromatic N) is 1. The van der Waals surface area contributed by atoms with Gasteiger partial charge in [0.15, 0.2) is 0 Å². The molecule has 1 fully saturated rings. The number of aromatic nitrogens is 2. The fourth-order valence-electron chi connectivity index (χ4n) is 2.56. The number of halogens is 3. The molecule has 1 heterocycles. The Hall–Kier alpha value is -1.82. The Balaban J connectivity index is 1.68. The van der Waals surface area contributed by atoms with E-state index in [1.165, 1.54) is 12.1 Å². The summed E-state index contributed by atoms with van der Waals surface area (Å²) in [5.41, 5.74) is 0.0370. The van der Waals surface area contributed by atoms with Gasteiger partial charge in [0.1, 0.15) is 5.82 Å². The van der Waals surface area contributed by atoms with Crippen molar-refractivity contribution in [3.63, 3.8) is 0 Å². The van der Waals surface area contributed by atoms with Crippen molar-refractivity contribution in [3.8, 4) is 0 Å². The molecule has 1 aliphatic rings. The Labute approximate surface area is 120 Å². The summed E-state index contributed by atoms with van der Waals surface area (Å²) >= 11 is 0. The molecule has 1 aromatic heterocycles. The van der Waals surface area contributed by atoms with Gasteiger partial charge in [-0.05, 0) is 24.5 Å². The Morgan fingerprint density at radius 1 is 1.29 bits per heavy atom. The number of benzene rings is 1. The summed E-state index contributed by atoms with van der Waals surface area (Å²) in [5, 5.41) is 3.27. The van der Waals surface area contributed by atoms with Gasteiger partial charge in [0.2, 0.25) is 0 Å². The maximum Gasteiger partial charge on any atom is 0.416 e. The zero-order valence-electron chi connectivity index (χ0n) is 11.4. The van der Waals surface area contributed by atoms with Crippen molar-refractivity contribution in [2.75, 3.05) is 6.54 Å². The summed E-state index contributed by atoms with van der Waals surface area (Å²) in [6.45, 7) is 1.25. The molecule has 0 saturated heterocycles. The quantitative estimate of drug-likeness (QED) is 0.889. The molecule has 0 radical (unpaired) electrons. The van der Waals surface area contributed by atoms with Crippen LogP contribution in [0, 0.1) is 0 Å². The van der Waals surface area contributed by atoms with Crippen molar-refractivity contribution in [1.82, 2.24) is 15.3 Å². The Bertz CT molecular complexity index is 601. The van der Waals surface area contributed by atoms with Crippen molar-refractivity contribution in [1.29, 1.82) is 0 Å². The first-order valence-corrected chi connectivity index (χ1v) is 6.86. The second kappa shape index (κ2) is 5.18. The van der Waals surface area contributed by atoms with Crippen LogP contribution < -0.4 is 5.32 Å². The van der Waals surface area contributed by atoms with Crippen LogP contribution in [0.5, 0.6) is 0 Å². The minimum Gasteiger partial charge on any atom is -0.348 e. The molecule has 2 aromatic rings. The molecular weight excluding hydrogens is 279 g/mol.